The molecule has 0 amide bonds. The van der Waals surface area contributed by atoms with Gasteiger partial charge in [-0.05, 0) is 12.8 Å². The summed E-state index contributed by atoms with van der Waals surface area (Å²) in [5.41, 5.74) is -0.303. The van der Waals surface area contributed by atoms with E-state index in [1.54, 1.807) is 6.20 Å². The third kappa shape index (κ3) is 3.16. The van der Waals surface area contributed by atoms with Crippen molar-refractivity contribution >= 4 is 11.6 Å². The molecule has 0 spiro atoms. The minimum absolute atomic E-state index is 0.142. The predicted molar refractivity (Wildman–Crippen MR) is 49.8 cm³/mol. The highest BCUT2D eigenvalue weighted by molar-refractivity contribution is 6.30. The second-order valence-electron chi connectivity index (χ2n) is 2.68. The van der Waals surface area contributed by atoms with Gasteiger partial charge in [0.25, 0.3) is 0 Å². The number of nitrogens with zero attached hydrogens (tertiary/aromatic N) is 2. The van der Waals surface area contributed by atoms with E-state index >= 15 is 0 Å². The van der Waals surface area contributed by atoms with E-state index in [1.165, 1.54) is 10.8 Å². The molecule has 0 saturated heterocycles. The van der Waals surface area contributed by atoms with Crippen LogP contribution in [0, 0.1) is 0 Å². The Morgan fingerprint density at radius 1 is 1.54 bits per heavy atom. The van der Waals surface area contributed by atoms with Gasteiger partial charge >= 0.3 is 5.69 Å². The standard InChI is InChI=1S/C8H11ClN2O2/c9-7-5-10-8(13)11(6-7)3-1-2-4-12/h5-6,12H,1-4H2. The van der Waals surface area contributed by atoms with Gasteiger partial charge in [-0.1, -0.05) is 11.6 Å². The quantitative estimate of drug-likeness (QED) is 0.731. The molecule has 1 heterocycles. The van der Waals surface area contributed by atoms with Crippen LogP contribution in [0.1, 0.15) is 12.8 Å². The number of hydrogen-bond acceptors (Lipinski definition) is 3. The zero-order valence-corrected chi connectivity index (χ0v) is 7.87. The second-order valence-corrected chi connectivity index (χ2v) is 3.12. The van der Waals surface area contributed by atoms with Crippen molar-refractivity contribution in [1.29, 1.82) is 0 Å². The first-order valence-electron chi connectivity index (χ1n) is 4.07. The Balaban J connectivity index is 2.65. The van der Waals surface area contributed by atoms with Crippen LogP contribution in [0.5, 0.6) is 0 Å². The normalized spacial score (nSPS) is 10.3. The average Bonchev–Trinajstić information content (AvgIpc) is 2.11. The topological polar surface area (TPSA) is 55.1 Å². The fourth-order valence-corrected chi connectivity index (χ4v) is 1.15. The Morgan fingerprint density at radius 3 is 3.00 bits per heavy atom. The lowest BCUT2D eigenvalue weighted by Crippen LogP contribution is -2.21. The smallest absolute Gasteiger partial charge is 0.347 e. The molecule has 0 unspecified atom stereocenters. The summed E-state index contributed by atoms with van der Waals surface area (Å²) in [6.07, 6.45) is 4.30. The van der Waals surface area contributed by atoms with E-state index < -0.39 is 0 Å². The van der Waals surface area contributed by atoms with Crippen molar-refractivity contribution in [3.63, 3.8) is 0 Å². The van der Waals surface area contributed by atoms with E-state index in [0.29, 0.717) is 18.0 Å². The first kappa shape index (κ1) is 10.2. The Labute approximate surface area is 80.8 Å². The maximum atomic E-state index is 11.1. The van der Waals surface area contributed by atoms with E-state index in [1.807, 2.05) is 0 Å². The van der Waals surface area contributed by atoms with Crippen LogP contribution in [0.2, 0.25) is 5.02 Å². The highest BCUT2D eigenvalue weighted by Crippen LogP contribution is 2.02. The van der Waals surface area contributed by atoms with Crippen LogP contribution in [0.15, 0.2) is 17.2 Å². The van der Waals surface area contributed by atoms with Gasteiger partial charge < -0.3 is 5.11 Å². The summed E-state index contributed by atoms with van der Waals surface area (Å²) in [6, 6.07) is 0. The maximum absolute atomic E-state index is 11.1. The van der Waals surface area contributed by atoms with Crippen LogP contribution in [0.4, 0.5) is 0 Å². The van der Waals surface area contributed by atoms with Crippen molar-refractivity contribution in [3.8, 4) is 0 Å². The summed E-state index contributed by atoms with van der Waals surface area (Å²) in [4.78, 5) is 14.7. The van der Waals surface area contributed by atoms with Crippen LogP contribution in [0.3, 0.4) is 0 Å². The van der Waals surface area contributed by atoms with Gasteiger partial charge in [0, 0.05) is 19.3 Å². The maximum Gasteiger partial charge on any atom is 0.347 e. The van der Waals surface area contributed by atoms with Gasteiger partial charge in [-0.15, -0.1) is 0 Å². The number of aryl methyl sites for hydroxylation is 1. The summed E-state index contributed by atoms with van der Waals surface area (Å²) in [7, 11) is 0. The largest absolute Gasteiger partial charge is 0.396 e. The molecule has 0 bridgehead atoms. The summed E-state index contributed by atoms with van der Waals surface area (Å²) in [5.74, 6) is 0. The molecule has 0 radical (unpaired) electrons. The van der Waals surface area contributed by atoms with E-state index in [2.05, 4.69) is 4.98 Å². The average molecular weight is 203 g/mol. The predicted octanol–water partition coefficient (Wildman–Crippen LogP) is 0.669. The molecular weight excluding hydrogens is 192 g/mol. The Hall–Kier alpha value is -0.870. The van der Waals surface area contributed by atoms with Crippen LogP contribution in [0.25, 0.3) is 0 Å². The molecule has 72 valence electrons. The van der Waals surface area contributed by atoms with Gasteiger partial charge in [0.2, 0.25) is 0 Å². The van der Waals surface area contributed by atoms with Gasteiger partial charge in [-0.3, -0.25) is 4.57 Å². The van der Waals surface area contributed by atoms with E-state index in [0.717, 1.165) is 6.42 Å². The molecule has 0 aromatic carbocycles. The van der Waals surface area contributed by atoms with Crippen molar-refractivity contribution in [2.45, 2.75) is 19.4 Å². The third-order valence-electron chi connectivity index (χ3n) is 1.63. The lowest BCUT2D eigenvalue weighted by Gasteiger charge is -2.03. The zero-order valence-electron chi connectivity index (χ0n) is 7.11. The van der Waals surface area contributed by atoms with Crippen LogP contribution >= 0.6 is 11.6 Å². The van der Waals surface area contributed by atoms with Crippen LogP contribution < -0.4 is 5.69 Å². The molecular formula is C8H11ClN2O2. The lowest BCUT2D eigenvalue weighted by atomic mass is 10.3. The molecule has 0 fully saturated rings. The number of aliphatic hydroxyl groups is 1. The number of unbranched alkanes of at least 4 members (excludes halogenated alkanes) is 1. The van der Waals surface area contributed by atoms with Crippen molar-refractivity contribution in [2.75, 3.05) is 6.61 Å². The molecule has 0 saturated carbocycles. The van der Waals surface area contributed by atoms with Crippen molar-refractivity contribution in [2.24, 2.45) is 0 Å². The van der Waals surface area contributed by atoms with Crippen LogP contribution in [-0.2, 0) is 6.54 Å². The number of hydrogen-bond donors (Lipinski definition) is 1. The van der Waals surface area contributed by atoms with E-state index in [4.69, 9.17) is 16.7 Å². The molecule has 1 N–H and O–H groups in total. The Kier molecular flexibility index (Phi) is 3.92. The van der Waals surface area contributed by atoms with Crippen molar-refractivity contribution < 1.29 is 5.11 Å². The first-order valence-corrected chi connectivity index (χ1v) is 4.44. The van der Waals surface area contributed by atoms with Crippen molar-refractivity contribution in [3.05, 3.63) is 27.9 Å². The first-order chi connectivity index (χ1) is 6.24. The highest BCUT2D eigenvalue weighted by atomic mass is 35.5. The summed E-state index contributed by atoms with van der Waals surface area (Å²) in [5, 5.41) is 8.99. The van der Waals surface area contributed by atoms with Crippen LogP contribution in [-0.4, -0.2) is 21.3 Å². The third-order valence-corrected chi connectivity index (χ3v) is 1.83. The molecule has 0 atom stereocenters. The SMILES string of the molecule is O=c1ncc(Cl)cn1CCCCO. The number of halogens is 1. The Bertz CT molecular complexity index is 324. The molecule has 5 heteroatoms. The molecule has 0 aliphatic rings. The highest BCUT2D eigenvalue weighted by Gasteiger charge is 1.97. The monoisotopic (exact) mass is 202 g/mol. The number of rotatable bonds is 4. The van der Waals surface area contributed by atoms with Gasteiger partial charge in [0.15, 0.2) is 0 Å². The Morgan fingerprint density at radius 2 is 2.31 bits per heavy atom. The van der Waals surface area contributed by atoms with Crippen molar-refractivity contribution in [1.82, 2.24) is 9.55 Å². The van der Waals surface area contributed by atoms with Gasteiger partial charge in [-0.25, -0.2) is 9.78 Å². The fourth-order valence-electron chi connectivity index (χ4n) is 0.983. The summed E-state index contributed by atoms with van der Waals surface area (Å²) >= 11 is 5.66. The molecule has 0 aliphatic heterocycles. The minimum atomic E-state index is -0.303. The van der Waals surface area contributed by atoms with Gasteiger partial charge in [0.05, 0.1) is 11.2 Å². The molecule has 0 aliphatic carbocycles. The molecule has 1 rings (SSSR count). The summed E-state index contributed by atoms with van der Waals surface area (Å²) < 4.78 is 1.44. The van der Waals surface area contributed by atoms with E-state index in [9.17, 15) is 4.79 Å². The fraction of sp³-hybridized carbons (Fsp3) is 0.500. The molecule has 1 aromatic rings. The van der Waals surface area contributed by atoms with Gasteiger partial charge in [-0.2, -0.15) is 0 Å². The molecule has 4 nitrogen and oxygen atoms in total. The molecule has 13 heavy (non-hydrogen) atoms. The number of aromatic nitrogens is 2. The minimum Gasteiger partial charge on any atom is -0.396 e. The summed E-state index contributed by atoms with van der Waals surface area (Å²) in [6.45, 7) is 0.690. The zero-order chi connectivity index (χ0) is 9.68. The molecule has 1 aromatic heterocycles. The van der Waals surface area contributed by atoms with E-state index in [-0.39, 0.29) is 12.3 Å². The second kappa shape index (κ2) is 4.99. The lowest BCUT2D eigenvalue weighted by molar-refractivity contribution is 0.281. The number of aliphatic hydroxyl groups excluding tert-OH is 1. The van der Waals surface area contributed by atoms with Gasteiger partial charge in [0.1, 0.15) is 0 Å².